The zero-order valence-electron chi connectivity index (χ0n) is 22.4. The van der Waals surface area contributed by atoms with Crippen LogP contribution in [0.2, 0.25) is 0 Å². The Labute approximate surface area is 232 Å². The molecule has 1 saturated heterocycles. The van der Waals surface area contributed by atoms with Crippen molar-refractivity contribution in [3.8, 4) is 0 Å². The molecule has 10 nitrogen and oxygen atoms in total. The average Bonchev–Trinajstić information content (AvgIpc) is 3.48. The number of halogens is 4. The molecule has 0 spiro atoms. The van der Waals surface area contributed by atoms with Gasteiger partial charge in [-0.1, -0.05) is 0 Å². The average molecular weight is 579 g/mol. The Bertz CT molecular complexity index is 1460. The number of hydrogen-bond acceptors (Lipinski definition) is 7. The van der Waals surface area contributed by atoms with Crippen LogP contribution in [0.25, 0.3) is 5.65 Å². The summed E-state index contributed by atoms with van der Waals surface area (Å²) in [5.41, 5.74) is 0.369. The van der Waals surface area contributed by atoms with E-state index in [0.717, 1.165) is 0 Å². The van der Waals surface area contributed by atoms with Gasteiger partial charge in [-0.15, -0.1) is 0 Å². The molecule has 0 radical (unpaired) electrons. The van der Waals surface area contributed by atoms with Crippen LogP contribution in [0.3, 0.4) is 0 Å². The van der Waals surface area contributed by atoms with Crippen LogP contribution in [0, 0.1) is 5.92 Å². The first-order valence-electron chi connectivity index (χ1n) is 13.2. The Kier molecular flexibility index (Phi) is 7.40. The van der Waals surface area contributed by atoms with Crippen molar-refractivity contribution in [1.82, 2.24) is 19.5 Å². The van der Waals surface area contributed by atoms with E-state index >= 15 is 0 Å². The highest BCUT2D eigenvalue weighted by atomic mass is 19.4. The third kappa shape index (κ3) is 5.71. The molecule has 3 aromatic rings. The second-order valence-corrected chi connectivity index (χ2v) is 11.0. The zero-order valence-corrected chi connectivity index (χ0v) is 22.4. The monoisotopic (exact) mass is 578 g/mol. The topological polar surface area (TPSA) is 123 Å². The van der Waals surface area contributed by atoms with E-state index in [1.54, 1.807) is 29.3 Å². The fourth-order valence-corrected chi connectivity index (χ4v) is 5.24. The number of carbonyl (C=O) groups is 2. The van der Waals surface area contributed by atoms with Crippen molar-refractivity contribution in [3.05, 3.63) is 53.5 Å². The fraction of sp³-hybridized carbons (Fsp3) is 0.481. The molecule has 41 heavy (non-hydrogen) atoms. The zero-order chi connectivity index (χ0) is 29.7. The van der Waals surface area contributed by atoms with E-state index in [-0.39, 0.29) is 50.1 Å². The van der Waals surface area contributed by atoms with Crippen molar-refractivity contribution in [2.45, 2.75) is 57.3 Å². The number of benzene rings is 1. The van der Waals surface area contributed by atoms with Gasteiger partial charge in [0.25, 0.3) is 11.8 Å². The second kappa shape index (κ2) is 10.6. The number of aliphatic hydroxyl groups is 2. The number of nitrogens with zero attached hydrogens (tertiary/aromatic N) is 5. The van der Waals surface area contributed by atoms with Gasteiger partial charge in [-0.05, 0) is 56.4 Å². The van der Waals surface area contributed by atoms with Crippen LogP contribution in [-0.2, 0) is 6.54 Å². The highest BCUT2D eigenvalue weighted by Gasteiger charge is 2.44. The molecule has 5 rings (SSSR count). The number of aromatic nitrogens is 3. The van der Waals surface area contributed by atoms with Crippen LogP contribution < -0.4 is 10.2 Å². The lowest BCUT2D eigenvalue weighted by Gasteiger charge is -2.37. The summed E-state index contributed by atoms with van der Waals surface area (Å²) in [7, 11) is 0. The molecule has 2 aromatic heterocycles. The highest BCUT2D eigenvalue weighted by molar-refractivity contribution is 6.10. The van der Waals surface area contributed by atoms with Crippen molar-refractivity contribution >= 4 is 28.8 Å². The number of amides is 2. The molecule has 0 saturated carbocycles. The summed E-state index contributed by atoms with van der Waals surface area (Å²) >= 11 is 0. The van der Waals surface area contributed by atoms with Crippen LogP contribution in [0.1, 0.15) is 53.0 Å². The molecule has 0 bridgehead atoms. The summed E-state index contributed by atoms with van der Waals surface area (Å²) < 4.78 is 55.3. The van der Waals surface area contributed by atoms with Crippen LogP contribution in [0.15, 0.2) is 36.8 Å². The fourth-order valence-electron chi connectivity index (χ4n) is 5.24. The summed E-state index contributed by atoms with van der Waals surface area (Å²) in [5, 5.41) is 26.7. The summed E-state index contributed by atoms with van der Waals surface area (Å²) in [6, 6.07) is 4.81. The molecule has 1 unspecified atom stereocenters. The minimum Gasteiger partial charge on any atom is -0.387 e. The number of alkyl halides is 4. The lowest BCUT2D eigenvalue weighted by Crippen LogP contribution is -2.43. The number of piperidine rings is 1. The lowest BCUT2D eigenvalue weighted by molar-refractivity contribution is -0.221. The standard InChI is InChI=1S/C27H30F4N6O4/c1-26(2,41)21(28)14-36-13-16-10-19(34-24(39)18-12-33-37-7-3-6-32-23(18)37)20(11-17(16)25(36)40)35-8-4-15(5-9-35)22(38)27(29,30)31/h3,6-7,10-12,15,21-22,38,41H,4-5,8-9,13-14H2,1-2H3,(H,34,39)/t21?,22-/m1/s1. The quantitative estimate of drug-likeness (QED) is 0.368. The Balaban J connectivity index is 1.45. The first-order valence-corrected chi connectivity index (χ1v) is 13.2. The third-order valence-electron chi connectivity index (χ3n) is 7.68. The van der Waals surface area contributed by atoms with Gasteiger partial charge in [0.1, 0.15) is 11.7 Å². The van der Waals surface area contributed by atoms with Crippen molar-refractivity contribution in [2.75, 3.05) is 29.9 Å². The number of hydrogen-bond donors (Lipinski definition) is 3. The van der Waals surface area contributed by atoms with E-state index in [9.17, 15) is 37.4 Å². The van der Waals surface area contributed by atoms with Crippen molar-refractivity contribution < 1.29 is 37.4 Å². The number of carbonyl (C=O) groups excluding carboxylic acids is 2. The van der Waals surface area contributed by atoms with E-state index in [1.807, 2.05) is 0 Å². The van der Waals surface area contributed by atoms with Gasteiger partial charge >= 0.3 is 6.18 Å². The molecule has 2 aliphatic rings. The minimum absolute atomic E-state index is 0.0400. The maximum Gasteiger partial charge on any atom is 0.414 e. The summed E-state index contributed by atoms with van der Waals surface area (Å²) in [4.78, 5) is 33.8. The van der Waals surface area contributed by atoms with Crippen molar-refractivity contribution in [3.63, 3.8) is 0 Å². The van der Waals surface area contributed by atoms with Crippen molar-refractivity contribution in [2.24, 2.45) is 5.92 Å². The maximum absolute atomic E-state index is 14.6. The van der Waals surface area contributed by atoms with Gasteiger partial charge in [0.2, 0.25) is 0 Å². The van der Waals surface area contributed by atoms with Crippen LogP contribution in [-0.4, -0.2) is 85.2 Å². The number of aliphatic hydroxyl groups excluding tert-OH is 1. The van der Waals surface area contributed by atoms with E-state index < -0.39 is 41.8 Å². The van der Waals surface area contributed by atoms with E-state index in [1.165, 1.54) is 35.7 Å². The molecule has 0 aliphatic carbocycles. The van der Waals surface area contributed by atoms with Crippen LogP contribution in [0.4, 0.5) is 28.9 Å². The first-order chi connectivity index (χ1) is 19.2. The van der Waals surface area contributed by atoms with E-state index in [4.69, 9.17) is 0 Å². The molecular weight excluding hydrogens is 548 g/mol. The number of fused-ring (bicyclic) bond motifs is 2. The smallest absolute Gasteiger partial charge is 0.387 e. The highest BCUT2D eigenvalue weighted by Crippen LogP contribution is 2.39. The number of rotatable bonds is 7. The van der Waals surface area contributed by atoms with E-state index in [0.29, 0.717) is 22.6 Å². The predicted octanol–water partition coefficient (Wildman–Crippen LogP) is 3.19. The van der Waals surface area contributed by atoms with Crippen LogP contribution >= 0.6 is 0 Å². The van der Waals surface area contributed by atoms with Crippen molar-refractivity contribution in [1.29, 1.82) is 0 Å². The number of nitrogens with one attached hydrogen (secondary N) is 1. The molecule has 2 atom stereocenters. The SMILES string of the molecule is CC(C)(O)C(F)CN1Cc2cc(NC(=O)c3cnn4cccnc34)c(N3CCC([C@@H](O)C(F)(F)F)CC3)cc2C1=O. The van der Waals surface area contributed by atoms with Gasteiger partial charge in [0.05, 0.1) is 29.7 Å². The Morgan fingerprint density at radius 3 is 2.59 bits per heavy atom. The maximum atomic E-state index is 14.6. The second-order valence-electron chi connectivity index (χ2n) is 11.0. The van der Waals surface area contributed by atoms with Crippen LogP contribution in [0.5, 0.6) is 0 Å². The van der Waals surface area contributed by atoms with Gasteiger partial charge in [0, 0.05) is 37.6 Å². The van der Waals surface area contributed by atoms with Gasteiger partial charge < -0.3 is 25.3 Å². The molecule has 1 aromatic carbocycles. The van der Waals surface area contributed by atoms with Gasteiger partial charge in [-0.3, -0.25) is 9.59 Å². The Morgan fingerprint density at radius 2 is 1.93 bits per heavy atom. The largest absolute Gasteiger partial charge is 0.414 e. The predicted molar refractivity (Wildman–Crippen MR) is 140 cm³/mol. The minimum atomic E-state index is -4.73. The molecule has 14 heteroatoms. The summed E-state index contributed by atoms with van der Waals surface area (Å²) in [6.45, 7) is 2.61. The van der Waals surface area contributed by atoms with Gasteiger partial charge in [-0.25, -0.2) is 13.9 Å². The molecular formula is C27H30F4N6O4. The number of anilines is 2. The molecule has 3 N–H and O–H groups in total. The molecule has 1 fully saturated rings. The molecule has 2 amide bonds. The molecule has 220 valence electrons. The molecule has 2 aliphatic heterocycles. The van der Waals surface area contributed by atoms with Gasteiger partial charge in [0.15, 0.2) is 11.8 Å². The Hall–Kier alpha value is -3.78. The van der Waals surface area contributed by atoms with E-state index in [2.05, 4.69) is 15.4 Å². The normalized spacial score (nSPS) is 18.1. The lowest BCUT2D eigenvalue weighted by atomic mass is 9.90. The molecule has 4 heterocycles. The third-order valence-corrected chi connectivity index (χ3v) is 7.68. The van der Waals surface area contributed by atoms with Gasteiger partial charge in [-0.2, -0.15) is 18.3 Å². The summed E-state index contributed by atoms with van der Waals surface area (Å²) in [5.74, 6) is -1.97. The summed E-state index contributed by atoms with van der Waals surface area (Å²) in [6.07, 6.45) is -4.29. The first kappa shape index (κ1) is 28.7. The Morgan fingerprint density at radius 1 is 1.22 bits per heavy atom.